The van der Waals surface area contributed by atoms with Crippen molar-refractivity contribution in [2.24, 2.45) is 0 Å². The smallest absolute Gasteiger partial charge is 0.319 e. The molecule has 0 amide bonds. The number of ether oxygens (including phenoxy) is 1. The molecular weight excluding hydrogens is 362 g/mol. The zero-order valence-corrected chi connectivity index (χ0v) is 15.8. The zero-order chi connectivity index (χ0) is 19.2. The molecule has 0 fully saturated rings. The van der Waals surface area contributed by atoms with Gasteiger partial charge in [-0.15, -0.1) is 10.2 Å². The molecule has 0 aliphatic carbocycles. The lowest BCUT2D eigenvalue weighted by molar-refractivity contribution is -0.148. The Labute approximate surface area is 161 Å². The summed E-state index contributed by atoms with van der Waals surface area (Å²) in [7, 11) is 0. The lowest BCUT2D eigenvalue weighted by Crippen LogP contribution is -2.29. The average molecular weight is 381 g/mol. The van der Waals surface area contributed by atoms with Gasteiger partial charge in [-0.05, 0) is 24.3 Å². The first-order valence-corrected chi connectivity index (χ1v) is 9.59. The molecule has 0 aliphatic heterocycles. The summed E-state index contributed by atoms with van der Waals surface area (Å²) in [5.74, 6) is -1.00. The summed E-state index contributed by atoms with van der Waals surface area (Å²) in [6.45, 7) is 1.37. The van der Waals surface area contributed by atoms with E-state index in [1.54, 1.807) is 13.2 Å². The third-order valence-corrected chi connectivity index (χ3v) is 4.76. The highest BCUT2D eigenvalue weighted by atomic mass is 32.2. The molecule has 138 valence electrons. The molecule has 3 aromatic rings. The van der Waals surface area contributed by atoms with Crippen LogP contribution < -0.4 is 5.56 Å². The molecule has 3 rings (SSSR count). The maximum Gasteiger partial charge on any atom is 0.319 e. The van der Waals surface area contributed by atoms with E-state index in [4.69, 9.17) is 4.74 Å². The zero-order valence-electron chi connectivity index (χ0n) is 15.0. The van der Waals surface area contributed by atoms with Gasteiger partial charge in [0.1, 0.15) is 11.6 Å². The summed E-state index contributed by atoms with van der Waals surface area (Å²) >= 11 is 1.27. The lowest BCUT2D eigenvalue weighted by Gasteiger charge is -2.18. The van der Waals surface area contributed by atoms with Gasteiger partial charge >= 0.3 is 5.97 Å². The minimum Gasteiger partial charge on any atom is -0.443 e. The largest absolute Gasteiger partial charge is 0.443 e. The molecule has 27 heavy (non-hydrogen) atoms. The number of carbonyl (C=O) groups excluding carboxylic acids is 1. The molecule has 0 atom stereocenters. The molecule has 7 heteroatoms. The molecule has 2 aromatic carbocycles. The molecule has 6 nitrogen and oxygen atoms in total. The summed E-state index contributed by atoms with van der Waals surface area (Å²) in [6, 6.07) is 18.9. The van der Waals surface area contributed by atoms with Crippen LogP contribution >= 0.6 is 11.8 Å². The molecule has 0 aliphatic rings. The van der Waals surface area contributed by atoms with Crippen molar-refractivity contribution in [3.05, 3.63) is 87.8 Å². The molecule has 1 heterocycles. The van der Waals surface area contributed by atoms with Crippen molar-refractivity contribution < 1.29 is 9.53 Å². The number of rotatable bonds is 6. The van der Waals surface area contributed by atoms with Gasteiger partial charge in [-0.1, -0.05) is 72.4 Å². The highest BCUT2D eigenvalue weighted by Gasteiger charge is 2.24. The van der Waals surface area contributed by atoms with Crippen LogP contribution in [-0.4, -0.2) is 27.0 Å². The van der Waals surface area contributed by atoms with E-state index < -0.39 is 11.9 Å². The molecule has 0 radical (unpaired) electrons. The number of aryl methyl sites for hydroxylation is 1. The van der Waals surface area contributed by atoms with Crippen LogP contribution in [0.25, 0.3) is 0 Å². The van der Waals surface area contributed by atoms with Crippen LogP contribution in [0.4, 0.5) is 0 Å². The number of hydrogen-bond donors (Lipinski definition) is 0. The Balaban J connectivity index is 1.89. The number of benzene rings is 2. The number of nitrogens with zero attached hydrogens (tertiary/aromatic N) is 3. The van der Waals surface area contributed by atoms with Crippen molar-refractivity contribution in [2.45, 2.75) is 24.7 Å². The Morgan fingerprint density at radius 1 is 1.04 bits per heavy atom. The van der Waals surface area contributed by atoms with E-state index in [-0.39, 0.29) is 18.0 Å². The topological polar surface area (TPSA) is 74.1 Å². The van der Waals surface area contributed by atoms with Crippen LogP contribution in [0.5, 0.6) is 0 Å². The molecule has 0 saturated heterocycles. The molecular formula is C20H19N3O3S. The van der Waals surface area contributed by atoms with Gasteiger partial charge in [0.25, 0.3) is 5.56 Å². The molecule has 0 N–H and O–H groups in total. The van der Waals surface area contributed by atoms with Gasteiger partial charge in [0.15, 0.2) is 11.9 Å². The standard InChI is InChI=1S/C20H19N3O3S/c1-14-18(24)23(20(27-2)22-21-14)13-26-19(25)17(15-9-5-3-6-10-15)16-11-7-4-8-12-16/h3-12,17H,13H2,1-2H3. The number of aromatic nitrogens is 3. The number of carbonyl (C=O) groups is 1. The van der Waals surface area contributed by atoms with Crippen molar-refractivity contribution in [2.75, 3.05) is 6.26 Å². The Morgan fingerprint density at radius 2 is 1.59 bits per heavy atom. The van der Waals surface area contributed by atoms with Crippen LogP contribution in [0.3, 0.4) is 0 Å². The Bertz CT molecular complexity index is 935. The van der Waals surface area contributed by atoms with Gasteiger partial charge in [0.05, 0.1) is 0 Å². The fourth-order valence-electron chi connectivity index (χ4n) is 2.73. The predicted molar refractivity (Wildman–Crippen MR) is 104 cm³/mol. The molecule has 0 spiro atoms. The van der Waals surface area contributed by atoms with Crippen molar-refractivity contribution in [3.8, 4) is 0 Å². The third-order valence-electron chi connectivity index (χ3n) is 4.09. The monoisotopic (exact) mass is 381 g/mol. The maximum atomic E-state index is 12.9. The number of hydrogen-bond acceptors (Lipinski definition) is 6. The minimum atomic E-state index is -0.572. The van der Waals surface area contributed by atoms with E-state index in [0.717, 1.165) is 11.1 Å². The van der Waals surface area contributed by atoms with E-state index in [2.05, 4.69) is 10.2 Å². The maximum absolute atomic E-state index is 12.9. The quantitative estimate of drug-likeness (QED) is 0.483. The summed E-state index contributed by atoms with van der Waals surface area (Å²) < 4.78 is 6.84. The van der Waals surface area contributed by atoms with Gasteiger partial charge in [-0.2, -0.15) is 0 Å². The normalized spacial score (nSPS) is 10.8. The van der Waals surface area contributed by atoms with Crippen molar-refractivity contribution in [1.82, 2.24) is 14.8 Å². The molecule has 0 saturated carbocycles. The van der Waals surface area contributed by atoms with Crippen LogP contribution in [0.2, 0.25) is 0 Å². The number of thioether (sulfide) groups is 1. The summed E-state index contributed by atoms with van der Waals surface area (Å²) in [5, 5.41) is 8.20. The first-order valence-electron chi connectivity index (χ1n) is 8.36. The van der Waals surface area contributed by atoms with Crippen LogP contribution in [0.15, 0.2) is 70.6 Å². The molecule has 0 bridgehead atoms. The molecule has 1 aromatic heterocycles. The fraction of sp³-hybridized carbons (Fsp3) is 0.200. The Kier molecular flexibility index (Phi) is 6.03. The first-order chi connectivity index (χ1) is 13.1. The average Bonchev–Trinajstić information content (AvgIpc) is 2.71. The summed E-state index contributed by atoms with van der Waals surface area (Å²) in [6.07, 6.45) is 1.79. The van der Waals surface area contributed by atoms with Gasteiger partial charge in [0.2, 0.25) is 0 Å². The van der Waals surface area contributed by atoms with Crippen molar-refractivity contribution in [3.63, 3.8) is 0 Å². The van der Waals surface area contributed by atoms with Crippen LogP contribution in [-0.2, 0) is 16.3 Å². The highest BCUT2D eigenvalue weighted by molar-refractivity contribution is 7.98. The van der Waals surface area contributed by atoms with E-state index in [1.807, 2.05) is 60.7 Å². The second-order valence-electron chi connectivity index (χ2n) is 5.85. The van der Waals surface area contributed by atoms with E-state index >= 15 is 0 Å². The summed E-state index contributed by atoms with van der Waals surface area (Å²) in [5.41, 5.74) is 1.59. The summed E-state index contributed by atoms with van der Waals surface area (Å²) in [4.78, 5) is 25.3. The Hall–Kier alpha value is -2.93. The number of esters is 1. The lowest BCUT2D eigenvalue weighted by atomic mass is 9.91. The van der Waals surface area contributed by atoms with Gasteiger partial charge in [-0.25, -0.2) is 4.57 Å². The van der Waals surface area contributed by atoms with Gasteiger partial charge in [0, 0.05) is 0 Å². The molecule has 0 unspecified atom stereocenters. The van der Waals surface area contributed by atoms with Crippen molar-refractivity contribution in [1.29, 1.82) is 0 Å². The van der Waals surface area contributed by atoms with Gasteiger partial charge in [-0.3, -0.25) is 9.59 Å². The Morgan fingerprint density at radius 3 is 2.11 bits per heavy atom. The third kappa shape index (κ3) is 4.25. The van der Waals surface area contributed by atoms with Crippen LogP contribution in [0, 0.1) is 6.92 Å². The van der Waals surface area contributed by atoms with E-state index in [1.165, 1.54) is 16.3 Å². The second kappa shape index (κ2) is 8.64. The predicted octanol–water partition coefficient (Wildman–Crippen LogP) is 3.00. The van der Waals surface area contributed by atoms with E-state index in [0.29, 0.717) is 5.16 Å². The van der Waals surface area contributed by atoms with E-state index in [9.17, 15) is 9.59 Å². The van der Waals surface area contributed by atoms with Crippen LogP contribution in [0.1, 0.15) is 22.7 Å². The fourth-order valence-corrected chi connectivity index (χ4v) is 3.21. The first kappa shape index (κ1) is 18.8. The highest BCUT2D eigenvalue weighted by Crippen LogP contribution is 2.26. The second-order valence-corrected chi connectivity index (χ2v) is 6.63. The SMILES string of the molecule is CSc1nnc(C)c(=O)n1COC(=O)C(c1ccccc1)c1ccccc1. The minimum absolute atomic E-state index is 0.208. The van der Waals surface area contributed by atoms with Gasteiger partial charge < -0.3 is 4.74 Å². The van der Waals surface area contributed by atoms with Crippen molar-refractivity contribution >= 4 is 17.7 Å².